The molecule has 22 heavy (non-hydrogen) atoms. The Morgan fingerprint density at radius 2 is 1.82 bits per heavy atom. The number of allylic oxidation sites excluding steroid dienone is 1. The summed E-state index contributed by atoms with van der Waals surface area (Å²) in [6.45, 7) is -3.00. The number of halogens is 4. The number of para-hydroxylation sites is 1. The first-order valence-electron chi connectivity index (χ1n) is 6.19. The molecule has 0 amide bonds. The second-order valence-corrected chi connectivity index (χ2v) is 5.00. The largest absolute Gasteiger partial charge is 0.434 e. The third-order valence-corrected chi connectivity index (χ3v) is 3.60. The van der Waals surface area contributed by atoms with Crippen LogP contribution < -0.4 is 4.74 Å². The molecule has 2 nitrogen and oxygen atoms in total. The van der Waals surface area contributed by atoms with Gasteiger partial charge in [-0.15, -0.1) is 0 Å². The summed E-state index contributed by atoms with van der Waals surface area (Å²) in [4.78, 5) is 12.1. The Morgan fingerprint density at radius 1 is 1.09 bits per heavy atom. The van der Waals surface area contributed by atoms with Crippen molar-refractivity contribution in [3.05, 3.63) is 69.7 Å². The second kappa shape index (κ2) is 7.38. The van der Waals surface area contributed by atoms with Gasteiger partial charge in [-0.3, -0.25) is 4.79 Å². The van der Waals surface area contributed by atoms with Crippen LogP contribution in [0.15, 0.2) is 48.5 Å². The van der Waals surface area contributed by atoms with E-state index in [0.717, 1.165) is 0 Å². The number of rotatable bonds is 5. The normalized spacial score (nSPS) is 11.1. The van der Waals surface area contributed by atoms with Crippen LogP contribution in [0.4, 0.5) is 8.78 Å². The van der Waals surface area contributed by atoms with Gasteiger partial charge in [-0.05, 0) is 35.9 Å². The van der Waals surface area contributed by atoms with Crippen LogP contribution in [0, 0.1) is 0 Å². The van der Waals surface area contributed by atoms with E-state index in [1.807, 2.05) is 0 Å². The summed E-state index contributed by atoms with van der Waals surface area (Å²) < 4.78 is 29.0. The van der Waals surface area contributed by atoms with Crippen molar-refractivity contribution in [2.45, 2.75) is 6.61 Å². The van der Waals surface area contributed by atoms with Gasteiger partial charge in [0, 0.05) is 0 Å². The van der Waals surface area contributed by atoms with Crippen molar-refractivity contribution in [3.63, 3.8) is 0 Å². The molecule has 2 rings (SSSR count). The smallest absolute Gasteiger partial charge is 0.387 e. The molecule has 0 aromatic heterocycles. The van der Waals surface area contributed by atoms with Crippen LogP contribution in [0.2, 0.25) is 10.0 Å². The van der Waals surface area contributed by atoms with Crippen molar-refractivity contribution in [3.8, 4) is 5.75 Å². The van der Waals surface area contributed by atoms with Gasteiger partial charge in [0.25, 0.3) is 0 Å². The van der Waals surface area contributed by atoms with E-state index in [0.29, 0.717) is 15.6 Å². The van der Waals surface area contributed by atoms with Crippen LogP contribution in [-0.2, 0) is 0 Å². The number of alkyl halides is 2. The first kappa shape index (κ1) is 16.5. The van der Waals surface area contributed by atoms with E-state index in [1.54, 1.807) is 24.3 Å². The molecule has 0 spiro atoms. The van der Waals surface area contributed by atoms with E-state index in [9.17, 15) is 13.6 Å². The number of carbonyl (C=O) groups excluding carboxylic acids is 1. The quantitative estimate of drug-likeness (QED) is 0.530. The van der Waals surface area contributed by atoms with Crippen LogP contribution in [0.1, 0.15) is 15.9 Å². The first-order chi connectivity index (χ1) is 10.5. The number of hydrogen-bond acceptors (Lipinski definition) is 2. The number of hydrogen-bond donors (Lipinski definition) is 0. The van der Waals surface area contributed by atoms with Crippen molar-refractivity contribution < 1.29 is 18.3 Å². The Labute approximate surface area is 135 Å². The van der Waals surface area contributed by atoms with Gasteiger partial charge in [0.05, 0.1) is 15.6 Å². The number of ketones is 1. The van der Waals surface area contributed by atoms with Crippen LogP contribution in [0.5, 0.6) is 5.75 Å². The molecule has 0 heterocycles. The minimum Gasteiger partial charge on any atom is -0.434 e. The van der Waals surface area contributed by atoms with Gasteiger partial charge in [-0.2, -0.15) is 8.78 Å². The molecular formula is C16H10Cl2F2O2. The minimum absolute atomic E-state index is 0.0391. The van der Waals surface area contributed by atoms with Gasteiger partial charge in [0.1, 0.15) is 5.75 Å². The molecule has 0 N–H and O–H groups in total. The van der Waals surface area contributed by atoms with Crippen molar-refractivity contribution in [2.75, 3.05) is 0 Å². The molecule has 114 valence electrons. The van der Waals surface area contributed by atoms with Gasteiger partial charge in [0.15, 0.2) is 5.78 Å². The molecule has 2 aromatic carbocycles. The molecule has 0 aliphatic rings. The summed E-state index contributed by atoms with van der Waals surface area (Å²) in [5, 5.41) is 0.669. The molecule has 0 saturated carbocycles. The summed E-state index contributed by atoms with van der Waals surface area (Å²) >= 11 is 11.9. The lowest BCUT2D eigenvalue weighted by Gasteiger charge is -2.08. The summed E-state index contributed by atoms with van der Waals surface area (Å²) in [6.07, 6.45) is 2.70. The molecule has 0 aliphatic carbocycles. The molecule has 0 saturated heterocycles. The van der Waals surface area contributed by atoms with E-state index in [1.165, 1.54) is 30.4 Å². The maximum Gasteiger partial charge on any atom is 0.387 e. The van der Waals surface area contributed by atoms with Crippen LogP contribution >= 0.6 is 23.2 Å². The highest BCUT2D eigenvalue weighted by Gasteiger charge is 2.13. The molecule has 6 heteroatoms. The zero-order chi connectivity index (χ0) is 16.1. The molecule has 0 radical (unpaired) electrons. The third kappa shape index (κ3) is 4.06. The zero-order valence-corrected chi connectivity index (χ0v) is 12.6. The molecule has 0 atom stereocenters. The molecular weight excluding hydrogens is 333 g/mol. The molecule has 0 bridgehead atoms. The third-order valence-electron chi connectivity index (χ3n) is 2.76. The fraction of sp³-hybridized carbons (Fsp3) is 0.0625. The van der Waals surface area contributed by atoms with E-state index >= 15 is 0 Å². The molecule has 0 aliphatic heterocycles. The van der Waals surface area contributed by atoms with Crippen molar-refractivity contribution in [1.29, 1.82) is 0 Å². The van der Waals surface area contributed by atoms with Crippen LogP contribution in [-0.4, -0.2) is 12.4 Å². The zero-order valence-electron chi connectivity index (χ0n) is 11.1. The average molecular weight is 343 g/mol. The fourth-order valence-corrected chi connectivity index (χ4v) is 2.14. The van der Waals surface area contributed by atoms with Crippen LogP contribution in [0.3, 0.4) is 0 Å². The van der Waals surface area contributed by atoms with Gasteiger partial charge in [-0.25, -0.2) is 0 Å². The summed E-state index contributed by atoms with van der Waals surface area (Å²) in [6, 6.07) is 10.8. The predicted molar refractivity (Wildman–Crippen MR) is 82.9 cm³/mol. The standard InChI is InChI=1S/C16H10Cl2F2O2/c17-12-6-3-4-10(15(12)18)8-9-13(21)11-5-1-2-7-14(11)22-16(19)20/h1-9,16H. The summed E-state index contributed by atoms with van der Waals surface area (Å²) in [5.41, 5.74) is 0.590. The monoisotopic (exact) mass is 342 g/mol. The lowest BCUT2D eigenvalue weighted by atomic mass is 10.1. The second-order valence-electron chi connectivity index (χ2n) is 4.22. The lowest BCUT2D eigenvalue weighted by Crippen LogP contribution is -2.06. The van der Waals surface area contributed by atoms with E-state index < -0.39 is 12.4 Å². The summed E-state index contributed by atoms with van der Waals surface area (Å²) in [5.74, 6) is -0.656. The minimum atomic E-state index is -3.00. The summed E-state index contributed by atoms with van der Waals surface area (Å²) in [7, 11) is 0. The highest BCUT2D eigenvalue weighted by molar-refractivity contribution is 6.42. The SMILES string of the molecule is O=C(C=Cc1cccc(Cl)c1Cl)c1ccccc1OC(F)F. The maximum atomic E-state index is 12.3. The number of ether oxygens (including phenoxy) is 1. The maximum absolute atomic E-state index is 12.3. The average Bonchev–Trinajstić information content (AvgIpc) is 2.48. The van der Waals surface area contributed by atoms with E-state index in [4.69, 9.17) is 23.2 Å². The molecule has 0 fully saturated rings. The van der Waals surface area contributed by atoms with E-state index in [2.05, 4.69) is 4.74 Å². The molecule has 0 unspecified atom stereocenters. The number of benzene rings is 2. The Hall–Kier alpha value is -1.91. The van der Waals surface area contributed by atoms with E-state index in [-0.39, 0.29) is 11.3 Å². The highest BCUT2D eigenvalue weighted by Crippen LogP contribution is 2.27. The van der Waals surface area contributed by atoms with Crippen molar-refractivity contribution in [1.82, 2.24) is 0 Å². The Balaban J connectivity index is 2.26. The van der Waals surface area contributed by atoms with Gasteiger partial charge in [0.2, 0.25) is 0 Å². The topological polar surface area (TPSA) is 26.3 Å². The Morgan fingerprint density at radius 3 is 2.55 bits per heavy atom. The van der Waals surface area contributed by atoms with Gasteiger partial charge >= 0.3 is 6.61 Å². The lowest BCUT2D eigenvalue weighted by molar-refractivity contribution is -0.0501. The van der Waals surface area contributed by atoms with Gasteiger partial charge in [-0.1, -0.05) is 47.5 Å². The van der Waals surface area contributed by atoms with Crippen molar-refractivity contribution >= 4 is 35.1 Å². The number of carbonyl (C=O) groups is 1. The highest BCUT2D eigenvalue weighted by atomic mass is 35.5. The van der Waals surface area contributed by atoms with Crippen molar-refractivity contribution in [2.24, 2.45) is 0 Å². The fourth-order valence-electron chi connectivity index (χ4n) is 1.77. The molecule has 2 aromatic rings. The first-order valence-corrected chi connectivity index (χ1v) is 6.95. The Bertz CT molecular complexity index is 715. The van der Waals surface area contributed by atoms with Gasteiger partial charge < -0.3 is 4.74 Å². The predicted octanol–water partition coefficient (Wildman–Crippen LogP) is 5.49. The van der Waals surface area contributed by atoms with Crippen LogP contribution in [0.25, 0.3) is 6.08 Å². The Kier molecular flexibility index (Phi) is 5.52.